The summed E-state index contributed by atoms with van der Waals surface area (Å²) in [5.41, 5.74) is 1.46. The zero-order chi connectivity index (χ0) is 17.0. The zero-order valence-corrected chi connectivity index (χ0v) is 14.1. The highest BCUT2D eigenvalue weighted by atomic mass is 32.2. The average molecular weight is 344 g/mol. The second-order valence-electron chi connectivity index (χ2n) is 5.82. The van der Waals surface area contributed by atoms with Crippen molar-refractivity contribution in [3.8, 4) is 0 Å². The second kappa shape index (κ2) is 7.05. The van der Waals surface area contributed by atoms with Crippen LogP contribution < -0.4 is 10.2 Å². The maximum atomic E-state index is 12.7. The lowest BCUT2D eigenvalue weighted by molar-refractivity contribution is 0.248. The molecule has 0 spiro atoms. The zero-order valence-electron chi connectivity index (χ0n) is 13.3. The van der Waals surface area contributed by atoms with E-state index in [9.17, 15) is 13.2 Å². The van der Waals surface area contributed by atoms with E-state index in [2.05, 4.69) is 5.32 Å². The summed E-state index contributed by atoms with van der Waals surface area (Å²) in [5.74, 6) is 0.217. The number of carbonyl (C=O) groups excluding carboxylic acids is 1. The first-order chi connectivity index (χ1) is 11.6. The van der Waals surface area contributed by atoms with Crippen LogP contribution >= 0.6 is 0 Å². The molecule has 0 saturated carbocycles. The molecule has 1 fully saturated rings. The molecular formula is C18H20N2O3S. The first kappa shape index (κ1) is 16.5. The van der Waals surface area contributed by atoms with Gasteiger partial charge in [0.2, 0.25) is 0 Å². The Balaban J connectivity index is 1.80. The maximum absolute atomic E-state index is 12.7. The molecule has 1 N–H and O–H groups in total. The molecule has 1 aliphatic rings. The van der Waals surface area contributed by atoms with Gasteiger partial charge >= 0.3 is 6.03 Å². The highest BCUT2D eigenvalue weighted by Gasteiger charge is 2.32. The molecule has 24 heavy (non-hydrogen) atoms. The van der Waals surface area contributed by atoms with Gasteiger partial charge in [0.15, 0.2) is 9.84 Å². The summed E-state index contributed by atoms with van der Waals surface area (Å²) in [4.78, 5) is 14.3. The molecule has 1 atom stereocenters. The first-order valence-corrected chi connectivity index (χ1v) is 9.69. The molecule has 2 aromatic carbocycles. The number of benzene rings is 2. The summed E-state index contributed by atoms with van der Waals surface area (Å²) in [6.45, 7) is 0.150. The molecule has 1 aliphatic heterocycles. The number of amides is 2. The molecule has 1 heterocycles. The monoisotopic (exact) mass is 344 g/mol. The van der Waals surface area contributed by atoms with Gasteiger partial charge in [-0.1, -0.05) is 36.4 Å². The van der Waals surface area contributed by atoms with Crippen molar-refractivity contribution in [3.05, 3.63) is 60.7 Å². The number of nitrogens with one attached hydrogen (secondary N) is 1. The van der Waals surface area contributed by atoms with Crippen molar-refractivity contribution < 1.29 is 13.2 Å². The standard InChI is InChI=1S/C18H20N2O3S/c21-18(19-14-17-12-7-13-24(17,22)23)20(15-8-3-1-4-9-15)16-10-5-2-6-11-16/h1-6,8-11,17H,7,12-14H2,(H,19,21)/t17-/m0/s1. The van der Waals surface area contributed by atoms with Gasteiger partial charge in [-0.25, -0.2) is 13.2 Å². The Morgan fingerprint density at radius 1 is 1.00 bits per heavy atom. The number of para-hydroxylation sites is 2. The van der Waals surface area contributed by atoms with Crippen molar-refractivity contribution in [1.82, 2.24) is 5.32 Å². The van der Waals surface area contributed by atoms with Gasteiger partial charge in [-0.15, -0.1) is 0 Å². The van der Waals surface area contributed by atoms with E-state index in [0.29, 0.717) is 12.8 Å². The summed E-state index contributed by atoms with van der Waals surface area (Å²) < 4.78 is 23.8. The number of hydrogen-bond donors (Lipinski definition) is 1. The van der Waals surface area contributed by atoms with Crippen molar-refractivity contribution in [2.75, 3.05) is 17.2 Å². The van der Waals surface area contributed by atoms with Crippen molar-refractivity contribution in [1.29, 1.82) is 0 Å². The van der Waals surface area contributed by atoms with Crippen molar-refractivity contribution in [2.24, 2.45) is 0 Å². The fraction of sp³-hybridized carbons (Fsp3) is 0.278. The fourth-order valence-corrected chi connectivity index (χ4v) is 4.67. The number of nitrogens with zero attached hydrogens (tertiary/aromatic N) is 1. The third kappa shape index (κ3) is 3.59. The topological polar surface area (TPSA) is 66.5 Å². The Hall–Kier alpha value is -2.34. The van der Waals surface area contributed by atoms with Crippen LogP contribution in [-0.2, 0) is 9.84 Å². The molecule has 2 amide bonds. The van der Waals surface area contributed by atoms with Crippen LogP contribution in [0.2, 0.25) is 0 Å². The van der Waals surface area contributed by atoms with Crippen LogP contribution in [0, 0.1) is 0 Å². The lowest BCUT2D eigenvalue weighted by Gasteiger charge is -2.24. The van der Waals surface area contributed by atoms with Crippen LogP contribution in [0.4, 0.5) is 16.2 Å². The third-order valence-corrected chi connectivity index (χ3v) is 6.45. The third-order valence-electron chi connectivity index (χ3n) is 4.18. The van der Waals surface area contributed by atoms with Gasteiger partial charge in [-0.3, -0.25) is 4.90 Å². The summed E-state index contributed by atoms with van der Waals surface area (Å²) in [6, 6.07) is 18.3. The Morgan fingerprint density at radius 2 is 1.54 bits per heavy atom. The number of anilines is 2. The van der Waals surface area contributed by atoms with E-state index in [0.717, 1.165) is 11.4 Å². The van der Waals surface area contributed by atoms with Gasteiger partial charge in [0, 0.05) is 6.54 Å². The molecule has 0 unspecified atom stereocenters. The van der Waals surface area contributed by atoms with Gasteiger partial charge in [0.1, 0.15) is 0 Å². The molecule has 0 aromatic heterocycles. The minimum absolute atomic E-state index is 0.150. The van der Waals surface area contributed by atoms with Crippen LogP contribution in [0.3, 0.4) is 0 Å². The summed E-state index contributed by atoms with van der Waals surface area (Å²) in [6.07, 6.45) is 1.28. The average Bonchev–Trinajstić information content (AvgIpc) is 2.93. The van der Waals surface area contributed by atoms with E-state index in [1.165, 1.54) is 0 Å². The Morgan fingerprint density at radius 3 is 2.00 bits per heavy atom. The molecule has 5 nitrogen and oxygen atoms in total. The molecule has 0 radical (unpaired) electrons. The second-order valence-corrected chi connectivity index (χ2v) is 8.22. The summed E-state index contributed by atoms with van der Waals surface area (Å²) in [5, 5.41) is 2.31. The van der Waals surface area contributed by atoms with Gasteiger partial charge in [-0.2, -0.15) is 0 Å². The molecular weight excluding hydrogens is 324 g/mol. The Bertz CT molecular complexity index is 752. The summed E-state index contributed by atoms with van der Waals surface area (Å²) >= 11 is 0. The van der Waals surface area contributed by atoms with Gasteiger partial charge < -0.3 is 5.32 Å². The number of urea groups is 1. The molecule has 126 valence electrons. The Labute approximate surface area is 142 Å². The van der Waals surface area contributed by atoms with Crippen LogP contribution in [0.25, 0.3) is 0 Å². The van der Waals surface area contributed by atoms with E-state index in [-0.39, 0.29) is 18.3 Å². The Kier molecular flexibility index (Phi) is 4.85. The smallest absolute Gasteiger partial charge is 0.326 e. The molecule has 6 heteroatoms. The molecule has 0 aliphatic carbocycles. The minimum Gasteiger partial charge on any atom is -0.336 e. The summed E-state index contributed by atoms with van der Waals surface area (Å²) in [7, 11) is -3.07. The van der Waals surface area contributed by atoms with E-state index >= 15 is 0 Å². The minimum atomic E-state index is -3.07. The van der Waals surface area contributed by atoms with Crippen molar-refractivity contribution in [3.63, 3.8) is 0 Å². The van der Waals surface area contributed by atoms with Crippen molar-refractivity contribution in [2.45, 2.75) is 18.1 Å². The lowest BCUT2D eigenvalue weighted by atomic mass is 10.2. The van der Waals surface area contributed by atoms with Crippen molar-refractivity contribution >= 4 is 27.2 Å². The normalized spacial score (nSPS) is 18.9. The predicted molar refractivity (Wildman–Crippen MR) is 95.2 cm³/mol. The fourth-order valence-electron chi connectivity index (χ4n) is 2.91. The first-order valence-electron chi connectivity index (χ1n) is 7.97. The lowest BCUT2D eigenvalue weighted by Crippen LogP contribution is -2.41. The highest BCUT2D eigenvalue weighted by Crippen LogP contribution is 2.25. The maximum Gasteiger partial charge on any atom is 0.326 e. The van der Waals surface area contributed by atoms with Crippen LogP contribution in [-0.4, -0.2) is 32.0 Å². The molecule has 0 bridgehead atoms. The van der Waals surface area contributed by atoms with E-state index < -0.39 is 15.1 Å². The van der Waals surface area contributed by atoms with Crippen LogP contribution in [0.1, 0.15) is 12.8 Å². The molecule has 3 rings (SSSR count). The largest absolute Gasteiger partial charge is 0.336 e. The predicted octanol–water partition coefficient (Wildman–Crippen LogP) is 3.11. The highest BCUT2D eigenvalue weighted by molar-refractivity contribution is 7.92. The van der Waals surface area contributed by atoms with E-state index in [1.807, 2.05) is 60.7 Å². The SMILES string of the molecule is O=C(NC[C@@H]1CCCS1(=O)=O)N(c1ccccc1)c1ccccc1. The van der Waals surface area contributed by atoms with Crippen LogP contribution in [0.15, 0.2) is 60.7 Å². The van der Waals surface area contributed by atoms with Crippen LogP contribution in [0.5, 0.6) is 0 Å². The number of sulfone groups is 1. The number of rotatable bonds is 4. The van der Waals surface area contributed by atoms with E-state index in [1.54, 1.807) is 4.90 Å². The molecule has 1 saturated heterocycles. The quantitative estimate of drug-likeness (QED) is 0.927. The number of hydrogen-bond acceptors (Lipinski definition) is 3. The van der Waals surface area contributed by atoms with Gasteiger partial charge in [-0.05, 0) is 37.1 Å². The van der Waals surface area contributed by atoms with Gasteiger partial charge in [0.05, 0.1) is 22.4 Å². The van der Waals surface area contributed by atoms with E-state index in [4.69, 9.17) is 0 Å². The van der Waals surface area contributed by atoms with Gasteiger partial charge in [0.25, 0.3) is 0 Å². The number of carbonyl (C=O) groups is 1. The molecule has 2 aromatic rings.